The molecule has 1 aliphatic heterocycles. The van der Waals surface area contributed by atoms with Crippen molar-refractivity contribution in [1.29, 1.82) is 0 Å². The molecule has 1 atom stereocenters. The predicted molar refractivity (Wildman–Crippen MR) is 91.0 cm³/mol. The van der Waals surface area contributed by atoms with E-state index in [1.807, 2.05) is 11.3 Å². The first-order valence-corrected chi connectivity index (χ1v) is 8.85. The van der Waals surface area contributed by atoms with Gasteiger partial charge in [-0.2, -0.15) is 0 Å². The molecule has 1 unspecified atom stereocenters. The van der Waals surface area contributed by atoms with E-state index in [0.717, 1.165) is 13.1 Å². The van der Waals surface area contributed by atoms with Crippen LogP contribution in [0.5, 0.6) is 0 Å². The van der Waals surface area contributed by atoms with E-state index in [1.54, 1.807) is 0 Å². The topological polar surface area (TPSA) is 31.4 Å². The fraction of sp³-hybridized carbons (Fsp3) is 0.812. The van der Waals surface area contributed by atoms with Crippen LogP contribution in [-0.4, -0.2) is 60.6 Å². The molecule has 1 saturated heterocycles. The maximum atomic E-state index is 4.50. The molecule has 0 aliphatic carbocycles. The van der Waals surface area contributed by atoms with Crippen LogP contribution in [0.2, 0.25) is 0 Å². The van der Waals surface area contributed by atoms with E-state index in [0.29, 0.717) is 12.0 Å². The molecule has 1 aromatic rings. The van der Waals surface area contributed by atoms with Crippen LogP contribution in [0.4, 0.5) is 0 Å². The molecule has 21 heavy (non-hydrogen) atoms. The van der Waals surface area contributed by atoms with Crippen LogP contribution >= 0.6 is 11.3 Å². The van der Waals surface area contributed by atoms with Gasteiger partial charge in [0, 0.05) is 50.2 Å². The van der Waals surface area contributed by atoms with Gasteiger partial charge in [0.05, 0.1) is 10.7 Å². The molecule has 0 saturated carbocycles. The summed E-state index contributed by atoms with van der Waals surface area (Å²) in [4.78, 5) is 11.0. The summed E-state index contributed by atoms with van der Waals surface area (Å²) in [6, 6.07) is 0.632. The lowest BCUT2D eigenvalue weighted by atomic mass is 10.0. The highest BCUT2D eigenvalue weighted by atomic mass is 32.1. The van der Waals surface area contributed by atoms with Crippen molar-refractivity contribution in [1.82, 2.24) is 20.1 Å². The highest BCUT2D eigenvalue weighted by Gasteiger charge is 2.24. The summed E-state index contributed by atoms with van der Waals surface area (Å²) in [7, 11) is 2.22. The highest BCUT2D eigenvalue weighted by Crippen LogP contribution is 2.17. The minimum absolute atomic E-state index is 0.632. The van der Waals surface area contributed by atoms with Crippen LogP contribution in [0.1, 0.15) is 29.4 Å². The lowest BCUT2D eigenvalue weighted by Crippen LogP contribution is -2.53. The second kappa shape index (κ2) is 7.68. The first-order chi connectivity index (χ1) is 9.97. The van der Waals surface area contributed by atoms with E-state index in [4.69, 9.17) is 0 Å². The van der Waals surface area contributed by atoms with Gasteiger partial charge in [-0.25, -0.2) is 4.98 Å². The van der Waals surface area contributed by atoms with E-state index in [9.17, 15) is 0 Å². The van der Waals surface area contributed by atoms with Crippen molar-refractivity contribution in [2.75, 3.05) is 39.8 Å². The fourth-order valence-electron chi connectivity index (χ4n) is 3.01. The zero-order chi connectivity index (χ0) is 15.4. The van der Waals surface area contributed by atoms with Gasteiger partial charge in [0.15, 0.2) is 0 Å². The Kier molecular flexibility index (Phi) is 6.17. The van der Waals surface area contributed by atoms with Gasteiger partial charge in [0.2, 0.25) is 0 Å². The number of aryl methyl sites for hydroxylation is 2. The number of piperazine rings is 1. The lowest BCUT2D eigenvalue weighted by molar-refractivity contribution is 0.0875. The number of rotatable bonds is 6. The molecule has 1 fully saturated rings. The summed E-state index contributed by atoms with van der Waals surface area (Å²) in [6.45, 7) is 15.7. The van der Waals surface area contributed by atoms with E-state index in [2.05, 4.69) is 54.8 Å². The van der Waals surface area contributed by atoms with Gasteiger partial charge in [-0.1, -0.05) is 13.8 Å². The first kappa shape index (κ1) is 16.9. The molecular weight excluding hydrogens is 280 g/mol. The molecule has 2 heterocycles. The molecule has 120 valence electrons. The van der Waals surface area contributed by atoms with Gasteiger partial charge >= 0.3 is 0 Å². The second-order valence-corrected chi connectivity index (χ2v) is 7.81. The molecule has 0 bridgehead atoms. The maximum Gasteiger partial charge on any atom is 0.0900 e. The van der Waals surface area contributed by atoms with E-state index >= 15 is 0 Å². The summed E-state index contributed by atoms with van der Waals surface area (Å²) < 4.78 is 0. The van der Waals surface area contributed by atoms with E-state index in [-0.39, 0.29) is 0 Å². The summed E-state index contributed by atoms with van der Waals surface area (Å²) in [6.07, 6.45) is 0. The predicted octanol–water partition coefficient (Wildman–Crippen LogP) is 2.12. The number of hydrogen-bond acceptors (Lipinski definition) is 5. The molecular formula is C16H30N4S. The quantitative estimate of drug-likeness (QED) is 0.872. The van der Waals surface area contributed by atoms with Gasteiger partial charge in [0.25, 0.3) is 0 Å². The molecule has 5 heteroatoms. The van der Waals surface area contributed by atoms with Crippen LogP contribution in [0.15, 0.2) is 0 Å². The molecule has 0 amide bonds. The van der Waals surface area contributed by atoms with Crippen molar-refractivity contribution in [2.45, 2.75) is 40.3 Å². The summed E-state index contributed by atoms with van der Waals surface area (Å²) in [5.74, 6) is 0.685. The molecule has 1 aliphatic rings. The molecule has 0 radical (unpaired) electrons. The summed E-state index contributed by atoms with van der Waals surface area (Å²) in [5, 5.41) is 4.83. The Morgan fingerprint density at radius 3 is 2.38 bits per heavy atom. The molecule has 4 nitrogen and oxygen atoms in total. The average Bonchev–Trinajstić information content (AvgIpc) is 2.74. The van der Waals surface area contributed by atoms with Crippen LogP contribution in [0, 0.1) is 19.8 Å². The maximum absolute atomic E-state index is 4.50. The van der Waals surface area contributed by atoms with Crippen molar-refractivity contribution >= 4 is 11.3 Å². The van der Waals surface area contributed by atoms with Crippen LogP contribution in [-0.2, 0) is 6.54 Å². The highest BCUT2D eigenvalue weighted by molar-refractivity contribution is 7.11. The number of aromatic nitrogens is 1. The minimum atomic E-state index is 0.632. The van der Waals surface area contributed by atoms with Gasteiger partial charge in [-0.3, -0.25) is 4.90 Å². The number of likely N-dealkylation sites (N-methyl/N-ethyl adjacent to an activating group) is 1. The lowest BCUT2D eigenvalue weighted by Gasteiger charge is -2.40. The second-order valence-electron chi connectivity index (χ2n) is 6.52. The normalized spacial score (nSPS) is 19.3. The van der Waals surface area contributed by atoms with Crippen molar-refractivity contribution in [3.63, 3.8) is 0 Å². The third-order valence-corrected chi connectivity index (χ3v) is 5.49. The van der Waals surface area contributed by atoms with Crippen molar-refractivity contribution in [3.8, 4) is 0 Å². The minimum Gasteiger partial charge on any atom is -0.310 e. The van der Waals surface area contributed by atoms with E-state index in [1.165, 1.54) is 41.8 Å². The van der Waals surface area contributed by atoms with Crippen LogP contribution in [0.25, 0.3) is 0 Å². The molecule has 2 rings (SSSR count). The van der Waals surface area contributed by atoms with Crippen LogP contribution in [0.3, 0.4) is 0 Å². The molecule has 1 aromatic heterocycles. The zero-order valence-electron chi connectivity index (χ0n) is 14.1. The third kappa shape index (κ3) is 4.74. The SMILES string of the molecule is Cc1nc(C)c(CNCC(C(C)C)N2CCN(C)CC2)s1. The summed E-state index contributed by atoms with van der Waals surface area (Å²) >= 11 is 1.82. The van der Waals surface area contributed by atoms with E-state index < -0.39 is 0 Å². The Morgan fingerprint density at radius 1 is 1.19 bits per heavy atom. The third-order valence-electron chi connectivity index (χ3n) is 4.42. The number of thiazole rings is 1. The standard InChI is InChI=1S/C16H30N4S/c1-12(2)15(20-8-6-19(5)7-9-20)10-17-11-16-13(3)18-14(4)21-16/h12,15,17H,6-11H2,1-5H3. The largest absolute Gasteiger partial charge is 0.310 e. The smallest absolute Gasteiger partial charge is 0.0900 e. The first-order valence-electron chi connectivity index (χ1n) is 8.03. The van der Waals surface area contributed by atoms with Gasteiger partial charge in [0.1, 0.15) is 0 Å². The number of nitrogens with one attached hydrogen (secondary N) is 1. The molecule has 0 spiro atoms. The Bertz CT molecular complexity index is 435. The zero-order valence-corrected chi connectivity index (χ0v) is 15.0. The average molecular weight is 311 g/mol. The van der Waals surface area contributed by atoms with Crippen molar-refractivity contribution < 1.29 is 0 Å². The molecule has 1 N–H and O–H groups in total. The van der Waals surface area contributed by atoms with Gasteiger partial charge in [-0.05, 0) is 26.8 Å². The summed E-state index contributed by atoms with van der Waals surface area (Å²) in [5.41, 5.74) is 1.19. The van der Waals surface area contributed by atoms with Crippen molar-refractivity contribution in [2.24, 2.45) is 5.92 Å². The number of hydrogen-bond donors (Lipinski definition) is 1. The van der Waals surface area contributed by atoms with Gasteiger partial charge in [-0.15, -0.1) is 11.3 Å². The van der Waals surface area contributed by atoms with Crippen molar-refractivity contribution in [3.05, 3.63) is 15.6 Å². The Labute approximate surface area is 133 Å². The number of nitrogens with zero attached hydrogens (tertiary/aromatic N) is 3. The van der Waals surface area contributed by atoms with Crippen LogP contribution < -0.4 is 5.32 Å². The Hall–Kier alpha value is -0.490. The fourth-order valence-corrected chi connectivity index (χ4v) is 3.92. The monoisotopic (exact) mass is 310 g/mol. The Balaban J connectivity index is 1.84. The molecule has 0 aromatic carbocycles. The van der Waals surface area contributed by atoms with Gasteiger partial charge < -0.3 is 10.2 Å². The Morgan fingerprint density at radius 2 is 1.86 bits per heavy atom.